The van der Waals surface area contributed by atoms with Crippen molar-refractivity contribution in [3.63, 3.8) is 0 Å². The van der Waals surface area contributed by atoms with Crippen LogP contribution in [0, 0.1) is 0 Å². The smallest absolute Gasteiger partial charge is 0.240 e. The van der Waals surface area contributed by atoms with E-state index in [2.05, 4.69) is 39.5 Å². The number of carbonyl (C=O) groups excluding carboxylic acids is 1. The van der Waals surface area contributed by atoms with Gasteiger partial charge in [-0.2, -0.15) is 0 Å². The number of rotatable bonds is 4. The van der Waals surface area contributed by atoms with Gasteiger partial charge in [0.1, 0.15) is 0 Å². The van der Waals surface area contributed by atoms with E-state index in [9.17, 15) is 4.79 Å². The highest BCUT2D eigenvalue weighted by molar-refractivity contribution is 7.13. The average Bonchev–Trinajstić information content (AvgIpc) is 3.11. The van der Waals surface area contributed by atoms with E-state index in [1.165, 1.54) is 16.9 Å². The number of likely N-dealkylation sites (tertiary alicyclic amines) is 1. The first-order chi connectivity index (χ1) is 9.83. The Hall–Kier alpha value is -1.72. The number of aromatic nitrogens is 1. The molecule has 3 rings (SSSR count). The SMILES string of the molecule is O=C(CN1CCC[C@@H]1c1ccccc1)Nc1nccs1. The van der Waals surface area contributed by atoms with Crippen LogP contribution in [0.2, 0.25) is 0 Å². The van der Waals surface area contributed by atoms with Gasteiger partial charge in [0.05, 0.1) is 6.54 Å². The van der Waals surface area contributed by atoms with Crippen molar-refractivity contribution in [3.05, 3.63) is 47.5 Å². The summed E-state index contributed by atoms with van der Waals surface area (Å²) in [6.45, 7) is 1.41. The Labute approximate surface area is 122 Å². The van der Waals surface area contributed by atoms with Crippen molar-refractivity contribution in [2.45, 2.75) is 18.9 Å². The number of nitrogens with zero attached hydrogens (tertiary/aromatic N) is 2. The molecule has 5 heteroatoms. The molecule has 0 radical (unpaired) electrons. The highest BCUT2D eigenvalue weighted by Crippen LogP contribution is 2.31. The summed E-state index contributed by atoms with van der Waals surface area (Å²) >= 11 is 1.44. The van der Waals surface area contributed by atoms with Gasteiger partial charge in [-0.3, -0.25) is 9.69 Å². The van der Waals surface area contributed by atoms with Gasteiger partial charge in [-0.05, 0) is 24.9 Å². The number of amides is 1. The van der Waals surface area contributed by atoms with Crippen LogP contribution in [0.1, 0.15) is 24.4 Å². The first kappa shape index (κ1) is 13.3. The number of hydrogen-bond donors (Lipinski definition) is 1. The van der Waals surface area contributed by atoms with E-state index in [1.807, 2.05) is 11.4 Å². The first-order valence-corrected chi connectivity index (χ1v) is 7.69. The molecule has 0 spiro atoms. The van der Waals surface area contributed by atoms with E-state index in [4.69, 9.17) is 0 Å². The molecule has 0 bridgehead atoms. The Morgan fingerprint density at radius 3 is 3.00 bits per heavy atom. The van der Waals surface area contributed by atoms with Crippen LogP contribution in [0.15, 0.2) is 41.9 Å². The summed E-state index contributed by atoms with van der Waals surface area (Å²) in [6, 6.07) is 10.8. The Bertz CT molecular complexity index is 556. The van der Waals surface area contributed by atoms with Crippen LogP contribution >= 0.6 is 11.3 Å². The summed E-state index contributed by atoms with van der Waals surface area (Å²) < 4.78 is 0. The fourth-order valence-electron chi connectivity index (χ4n) is 2.70. The summed E-state index contributed by atoms with van der Waals surface area (Å²) in [6.07, 6.45) is 3.96. The predicted molar refractivity (Wildman–Crippen MR) is 80.7 cm³/mol. The molecular formula is C15H17N3OS. The van der Waals surface area contributed by atoms with Crippen molar-refractivity contribution in [2.24, 2.45) is 0 Å². The lowest BCUT2D eigenvalue weighted by Crippen LogP contribution is -2.32. The van der Waals surface area contributed by atoms with Crippen LogP contribution < -0.4 is 5.32 Å². The fourth-order valence-corrected chi connectivity index (χ4v) is 3.24. The van der Waals surface area contributed by atoms with Gasteiger partial charge < -0.3 is 5.32 Å². The number of nitrogens with one attached hydrogen (secondary N) is 1. The molecule has 1 atom stereocenters. The molecular weight excluding hydrogens is 270 g/mol. The third-order valence-electron chi connectivity index (χ3n) is 3.57. The standard InChI is InChI=1S/C15H17N3OS/c19-14(17-15-16-8-10-20-15)11-18-9-4-7-13(18)12-5-2-1-3-6-12/h1-3,5-6,8,10,13H,4,7,9,11H2,(H,16,17,19)/t13-/m1/s1. The summed E-state index contributed by atoms with van der Waals surface area (Å²) in [5.41, 5.74) is 1.30. The Morgan fingerprint density at radius 2 is 2.25 bits per heavy atom. The van der Waals surface area contributed by atoms with Gasteiger partial charge in [-0.1, -0.05) is 30.3 Å². The third-order valence-corrected chi connectivity index (χ3v) is 4.26. The number of thiazole rings is 1. The molecule has 1 aliphatic rings. The highest BCUT2D eigenvalue weighted by atomic mass is 32.1. The zero-order valence-corrected chi connectivity index (χ0v) is 12.0. The van der Waals surface area contributed by atoms with Crippen LogP contribution in [-0.2, 0) is 4.79 Å². The van der Waals surface area contributed by atoms with Gasteiger partial charge in [0.15, 0.2) is 5.13 Å². The second-order valence-corrected chi connectivity index (χ2v) is 5.82. The molecule has 20 heavy (non-hydrogen) atoms. The highest BCUT2D eigenvalue weighted by Gasteiger charge is 2.27. The molecule has 4 nitrogen and oxygen atoms in total. The molecule has 1 aromatic carbocycles. The number of benzene rings is 1. The molecule has 1 N–H and O–H groups in total. The Morgan fingerprint density at radius 1 is 1.40 bits per heavy atom. The average molecular weight is 287 g/mol. The van der Waals surface area contributed by atoms with E-state index >= 15 is 0 Å². The van der Waals surface area contributed by atoms with Gasteiger partial charge in [-0.15, -0.1) is 11.3 Å². The van der Waals surface area contributed by atoms with E-state index in [-0.39, 0.29) is 5.91 Å². The van der Waals surface area contributed by atoms with E-state index in [0.29, 0.717) is 17.7 Å². The predicted octanol–water partition coefficient (Wildman–Crippen LogP) is 2.92. The lowest BCUT2D eigenvalue weighted by atomic mass is 10.0. The van der Waals surface area contributed by atoms with Crippen LogP contribution in [-0.4, -0.2) is 28.9 Å². The van der Waals surface area contributed by atoms with Crippen molar-refractivity contribution in [2.75, 3.05) is 18.4 Å². The monoisotopic (exact) mass is 287 g/mol. The molecule has 2 heterocycles. The lowest BCUT2D eigenvalue weighted by Gasteiger charge is -2.23. The molecule has 1 saturated heterocycles. The van der Waals surface area contributed by atoms with Gasteiger partial charge in [0.2, 0.25) is 5.91 Å². The van der Waals surface area contributed by atoms with Crippen molar-refractivity contribution in [1.29, 1.82) is 0 Å². The van der Waals surface area contributed by atoms with Crippen LogP contribution in [0.5, 0.6) is 0 Å². The topological polar surface area (TPSA) is 45.2 Å². The summed E-state index contributed by atoms with van der Waals surface area (Å²) in [7, 11) is 0. The fraction of sp³-hybridized carbons (Fsp3) is 0.333. The summed E-state index contributed by atoms with van der Waals surface area (Å²) in [4.78, 5) is 18.4. The number of hydrogen-bond acceptors (Lipinski definition) is 4. The van der Waals surface area contributed by atoms with Crippen molar-refractivity contribution < 1.29 is 4.79 Å². The van der Waals surface area contributed by atoms with Gasteiger partial charge in [0, 0.05) is 17.6 Å². The first-order valence-electron chi connectivity index (χ1n) is 6.81. The van der Waals surface area contributed by atoms with E-state index in [0.717, 1.165) is 19.4 Å². The summed E-state index contributed by atoms with van der Waals surface area (Å²) in [5, 5.41) is 5.38. The maximum absolute atomic E-state index is 12.1. The van der Waals surface area contributed by atoms with Crippen molar-refractivity contribution >= 4 is 22.4 Å². The van der Waals surface area contributed by atoms with Crippen molar-refractivity contribution in [3.8, 4) is 0 Å². The lowest BCUT2D eigenvalue weighted by molar-refractivity contribution is -0.117. The van der Waals surface area contributed by atoms with Crippen LogP contribution in [0.3, 0.4) is 0 Å². The molecule has 1 fully saturated rings. The van der Waals surface area contributed by atoms with Crippen LogP contribution in [0.4, 0.5) is 5.13 Å². The second kappa shape index (κ2) is 6.15. The Kier molecular flexibility index (Phi) is 4.08. The minimum atomic E-state index is 0.0165. The quantitative estimate of drug-likeness (QED) is 0.940. The summed E-state index contributed by atoms with van der Waals surface area (Å²) in [5.74, 6) is 0.0165. The molecule has 1 aromatic heterocycles. The van der Waals surface area contributed by atoms with Crippen LogP contribution in [0.25, 0.3) is 0 Å². The zero-order chi connectivity index (χ0) is 13.8. The zero-order valence-electron chi connectivity index (χ0n) is 11.2. The molecule has 2 aromatic rings. The maximum atomic E-state index is 12.1. The molecule has 1 aliphatic heterocycles. The maximum Gasteiger partial charge on any atom is 0.240 e. The molecule has 0 unspecified atom stereocenters. The van der Waals surface area contributed by atoms with E-state index in [1.54, 1.807) is 6.20 Å². The number of anilines is 1. The minimum Gasteiger partial charge on any atom is -0.301 e. The molecule has 0 saturated carbocycles. The molecule has 104 valence electrons. The second-order valence-electron chi connectivity index (χ2n) is 4.92. The van der Waals surface area contributed by atoms with Gasteiger partial charge in [-0.25, -0.2) is 4.98 Å². The minimum absolute atomic E-state index is 0.0165. The largest absolute Gasteiger partial charge is 0.301 e. The van der Waals surface area contributed by atoms with Gasteiger partial charge >= 0.3 is 0 Å². The van der Waals surface area contributed by atoms with Crippen molar-refractivity contribution in [1.82, 2.24) is 9.88 Å². The third kappa shape index (κ3) is 3.05. The van der Waals surface area contributed by atoms with E-state index < -0.39 is 0 Å². The molecule has 1 amide bonds. The Balaban J connectivity index is 1.63. The molecule has 0 aliphatic carbocycles. The number of carbonyl (C=O) groups is 1. The van der Waals surface area contributed by atoms with Gasteiger partial charge in [0.25, 0.3) is 0 Å². The normalized spacial score (nSPS) is 19.1.